The molecule has 0 radical (unpaired) electrons. The molecule has 1 aliphatic heterocycles. The highest BCUT2D eigenvalue weighted by atomic mass is 32.2. The fourth-order valence-electron chi connectivity index (χ4n) is 3.45. The van der Waals surface area contributed by atoms with Gasteiger partial charge in [-0.25, -0.2) is 17.9 Å². The van der Waals surface area contributed by atoms with E-state index in [0.29, 0.717) is 25.2 Å². The lowest BCUT2D eigenvalue weighted by atomic mass is 10.1. The van der Waals surface area contributed by atoms with Crippen LogP contribution in [0.2, 0.25) is 0 Å². The topological polar surface area (TPSA) is 91.0 Å². The number of carbonyl (C=O) groups excluding carboxylic acids is 1. The lowest BCUT2D eigenvalue weighted by Gasteiger charge is -2.36. The van der Waals surface area contributed by atoms with Gasteiger partial charge in [-0.3, -0.25) is 0 Å². The van der Waals surface area contributed by atoms with E-state index in [-0.39, 0.29) is 11.8 Å². The third-order valence-electron chi connectivity index (χ3n) is 5.10. The molecule has 2 aromatic rings. The van der Waals surface area contributed by atoms with Gasteiger partial charge in [0.15, 0.2) is 0 Å². The molecule has 1 heterocycles. The van der Waals surface area contributed by atoms with Crippen LogP contribution in [0.3, 0.4) is 0 Å². The number of sulfonamides is 1. The van der Waals surface area contributed by atoms with E-state index >= 15 is 0 Å². The Morgan fingerprint density at radius 3 is 2.43 bits per heavy atom. The largest absolute Gasteiger partial charge is 0.495 e. The fourth-order valence-corrected chi connectivity index (χ4v) is 4.21. The monoisotopic (exact) mass is 432 g/mol. The van der Waals surface area contributed by atoms with Crippen molar-refractivity contribution in [2.75, 3.05) is 45.2 Å². The average Bonchev–Trinajstić information content (AvgIpc) is 2.77. The van der Waals surface area contributed by atoms with Crippen molar-refractivity contribution >= 4 is 21.7 Å². The zero-order chi connectivity index (χ0) is 21.6. The van der Waals surface area contributed by atoms with Crippen molar-refractivity contribution in [2.45, 2.75) is 12.3 Å². The molecule has 30 heavy (non-hydrogen) atoms. The Morgan fingerprint density at radius 1 is 1.03 bits per heavy atom. The number of ether oxygens (including phenoxy) is 1. The first-order chi connectivity index (χ1) is 14.4. The molecule has 0 atom stereocenters. The van der Waals surface area contributed by atoms with Crippen molar-refractivity contribution in [2.24, 2.45) is 0 Å². The quantitative estimate of drug-likeness (QED) is 0.696. The molecule has 162 valence electrons. The summed E-state index contributed by atoms with van der Waals surface area (Å²) < 4.78 is 31.2. The van der Waals surface area contributed by atoms with Crippen molar-refractivity contribution in [3.8, 4) is 5.75 Å². The maximum absolute atomic E-state index is 12.6. The summed E-state index contributed by atoms with van der Waals surface area (Å²) in [5.74, 6) is 0.742. The van der Waals surface area contributed by atoms with Gasteiger partial charge in [0, 0.05) is 32.7 Å². The molecule has 1 saturated heterocycles. The number of hydrogen-bond donors (Lipinski definition) is 2. The second-order valence-corrected chi connectivity index (χ2v) is 9.01. The minimum absolute atomic E-state index is 0.0871. The number of hydrogen-bond acceptors (Lipinski definition) is 5. The second kappa shape index (κ2) is 9.82. The summed E-state index contributed by atoms with van der Waals surface area (Å²) in [6.45, 7) is 3.03. The van der Waals surface area contributed by atoms with Crippen LogP contribution >= 0.6 is 0 Å². The molecule has 1 fully saturated rings. The van der Waals surface area contributed by atoms with Crippen LogP contribution in [0.15, 0.2) is 48.5 Å². The number of rotatable bonds is 7. The highest BCUT2D eigenvalue weighted by Gasteiger charge is 2.22. The lowest BCUT2D eigenvalue weighted by molar-refractivity contribution is 0.194. The predicted molar refractivity (Wildman–Crippen MR) is 117 cm³/mol. The molecule has 2 N–H and O–H groups in total. The first-order valence-electron chi connectivity index (χ1n) is 9.81. The number of amides is 2. The highest BCUT2D eigenvalue weighted by molar-refractivity contribution is 7.88. The summed E-state index contributed by atoms with van der Waals surface area (Å²) in [5.41, 5.74) is 2.58. The van der Waals surface area contributed by atoms with Crippen LogP contribution in [0.25, 0.3) is 0 Å². The van der Waals surface area contributed by atoms with E-state index in [0.717, 1.165) is 30.1 Å². The summed E-state index contributed by atoms with van der Waals surface area (Å²) in [6.07, 6.45) is 0. The number of methoxy groups -OCH3 is 1. The Balaban J connectivity index is 1.52. The number of carbonyl (C=O) groups is 1. The molecular weight excluding hydrogens is 404 g/mol. The molecule has 3 rings (SSSR count). The van der Waals surface area contributed by atoms with Gasteiger partial charge in [0.2, 0.25) is 10.0 Å². The number of nitrogens with one attached hydrogen (secondary N) is 2. The van der Waals surface area contributed by atoms with Crippen LogP contribution in [0, 0.1) is 0 Å². The van der Waals surface area contributed by atoms with Gasteiger partial charge in [-0.15, -0.1) is 0 Å². The van der Waals surface area contributed by atoms with Crippen LogP contribution in [0.5, 0.6) is 5.75 Å². The van der Waals surface area contributed by atoms with Crippen LogP contribution in [0.1, 0.15) is 11.1 Å². The number of para-hydroxylation sites is 2. The summed E-state index contributed by atoms with van der Waals surface area (Å²) in [5, 5.41) is 2.93. The normalized spacial score (nSPS) is 14.5. The molecule has 2 aromatic carbocycles. The van der Waals surface area contributed by atoms with Crippen molar-refractivity contribution < 1.29 is 17.9 Å². The maximum Gasteiger partial charge on any atom is 0.317 e. The third-order valence-corrected chi connectivity index (χ3v) is 6.43. The molecule has 0 aromatic heterocycles. The number of urea groups is 1. The van der Waals surface area contributed by atoms with Gasteiger partial charge in [-0.2, -0.15) is 0 Å². The van der Waals surface area contributed by atoms with Gasteiger partial charge in [-0.1, -0.05) is 36.4 Å². The minimum atomic E-state index is -3.33. The first-order valence-corrected chi connectivity index (χ1v) is 11.5. The Labute approximate surface area is 177 Å². The molecule has 1 aliphatic rings. The fraction of sp³-hybridized carbons (Fsp3) is 0.381. The third kappa shape index (κ3) is 5.64. The average molecular weight is 433 g/mol. The summed E-state index contributed by atoms with van der Waals surface area (Å²) in [6, 6.07) is 15.0. The van der Waals surface area contributed by atoms with E-state index in [1.807, 2.05) is 30.3 Å². The van der Waals surface area contributed by atoms with E-state index in [9.17, 15) is 13.2 Å². The molecule has 2 amide bonds. The standard InChI is InChI=1S/C21H28N4O4S/c1-22-30(27,28)16-18-7-5-6-17(14-18)15-23-21(26)25-12-10-24(11-13-25)19-8-3-4-9-20(19)29-2/h3-9,14,22H,10-13,15-16H2,1-2H3,(H,23,26). The van der Waals surface area contributed by atoms with E-state index in [1.165, 1.54) is 7.05 Å². The number of anilines is 1. The predicted octanol–water partition coefficient (Wildman–Crippen LogP) is 1.78. The van der Waals surface area contributed by atoms with Gasteiger partial charge in [0.1, 0.15) is 5.75 Å². The van der Waals surface area contributed by atoms with E-state index in [2.05, 4.69) is 14.9 Å². The Bertz CT molecular complexity index is 972. The molecule has 9 heteroatoms. The molecule has 0 aliphatic carbocycles. The molecule has 0 unspecified atom stereocenters. The smallest absolute Gasteiger partial charge is 0.317 e. The Hall–Kier alpha value is -2.78. The van der Waals surface area contributed by atoms with E-state index in [1.54, 1.807) is 30.2 Å². The number of benzene rings is 2. The van der Waals surface area contributed by atoms with Crippen molar-refractivity contribution in [3.05, 3.63) is 59.7 Å². The first kappa shape index (κ1) is 21.9. The van der Waals surface area contributed by atoms with E-state index < -0.39 is 10.0 Å². The van der Waals surface area contributed by atoms with Crippen molar-refractivity contribution in [3.63, 3.8) is 0 Å². The SMILES string of the molecule is CNS(=O)(=O)Cc1cccc(CNC(=O)N2CCN(c3ccccc3OC)CC2)c1. The zero-order valence-corrected chi connectivity index (χ0v) is 18.1. The zero-order valence-electron chi connectivity index (χ0n) is 17.3. The highest BCUT2D eigenvalue weighted by Crippen LogP contribution is 2.28. The number of piperazine rings is 1. The molecule has 0 saturated carbocycles. The van der Waals surface area contributed by atoms with Crippen molar-refractivity contribution in [1.29, 1.82) is 0 Å². The van der Waals surface area contributed by atoms with Gasteiger partial charge >= 0.3 is 6.03 Å². The van der Waals surface area contributed by atoms with Crippen molar-refractivity contribution in [1.82, 2.24) is 14.9 Å². The molecular formula is C21H28N4O4S. The minimum Gasteiger partial charge on any atom is -0.495 e. The lowest BCUT2D eigenvalue weighted by Crippen LogP contribution is -2.51. The van der Waals surface area contributed by atoms with Gasteiger partial charge in [0.05, 0.1) is 18.6 Å². The summed E-state index contributed by atoms with van der Waals surface area (Å²) >= 11 is 0. The van der Waals surface area contributed by atoms with Crippen LogP contribution < -0.4 is 19.7 Å². The van der Waals surface area contributed by atoms with Crippen LogP contribution in [-0.4, -0.2) is 59.7 Å². The number of nitrogens with zero attached hydrogens (tertiary/aromatic N) is 2. The summed E-state index contributed by atoms with van der Waals surface area (Å²) in [4.78, 5) is 16.6. The molecule has 8 nitrogen and oxygen atoms in total. The Morgan fingerprint density at radius 2 is 1.73 bits per heavy atom. The Kier molecular flexibility index (Phi) is 7.17. The molecule has 0 spiro atoms. The van der Waals surface area contributed by atoms with E-state index in [4.69, 9.17) is 4.74 Å². The summed E-state index contributed by atoms with van der Waals surface area (Å²) in [7, 11) is -0.276. The van der Waals surface area contributed by atoms with Crippen LogP contribution in [0.4, 0.5) is 10.5 Å². The second-order valence-electron chi connectivity index (χ2n) is 7.09. The van der Waals surface area contributed by atoms with Gasteiger partial charge < -0.3 is 19.9 Å². The molecule has 0 bridgehead atoms. The van der Waals surface area contributed by atoms with Gasteiger partial charge in [0.25, 0.3) is 0 Å². The maximum atomic E-state index is 12.6. The van der Waals surface area contributed by atoms with Crippen LogP contribution in [-0.2, 0) is 22.3 Å². The van der Waals surface area contributed by atoms with Gasteiger partial charge in [-0.05, 0) is 30.3 Å².